The van der Waals surface area contributed by atoms with E-state index in [1.165, 1.54) is 25.9 Å². The molecular weight excluding hydrogens is 112 g/mol. The summed E-state index contributed by atoms with van der Waals surface area (Å²) in [6.45, 7) is 2.59. The van der Waals surface area contributed by atoms with E-state index in [1.807, 2.05) is 0 Å². The highest BCUT2D eigenvalue weighted by atomic mass is 15.3. The fraction of sp³-hybridized carbons (Fsp3) is 1.00. The first-order valence-corrected chi connectivity index (χ1v) is 3.81. The van der Waals surface area contributed by atoms with Gasteiger partial charge in [-0.3, -0.25) is 4.90 Å². The molecule has 2 rings (SSSR count). The van der Waals surface area contributed by atoms with Crippen molar-refractivity contribution >= 4 is 0 Å². The molecule has 0 spiro atoms. The van der Waals surface area contributed by atoms with Crippen LogP contribution in [-0.2, 0) is 0 Å². The van der Waals surface area contributed by atoms with Crippen LogP contribution in [0.2, 0.25) is 0 Å². The standard InChI is InChI=1S/C7H14N2/c1-8-6-4-9(5-6)7-2-3-7/h6-8H,2-5H2,1H3. The van der Waals surface area contributed by atoms with Crippen LogP contribution in [0.5, 0.6) is 0 Å². The number of rotatable bonds is 2. The van der Waals surface area contributed by atoms with E-state index in [1.54, 1.807) is 0 Å². The Kier molecular flexibility index (Phi) is 1.24. The molecular formula is C7H14N2. The van der Waals surface area contributed by atoms with Crippen molar-refractivity contribution in [1.29, 1.82) is 0 Å². The summed E-state index contributed by atoms with van der Waals surface area (Å²) in [6, 6.07) is 1.78. The van der Waals surface area contributed by atoms with E-state index in [0.29, 0.717) is 0 Å². The van der Waals surface area contributed by atoms with Crippen LogP contribution in [0.25, 0.3) is 0 Å². The normalized spacial score (nSPS) is 30.3. The van der Waals surface area contributed by atoms with Crippen LogP contribution in [0.4, 0.5) is 0 Å². The van der Waals surface area contributed by atoms with E-state index in [4.69, 9.17) is 0 Å². The zero-order valence-electron chi connectivity index (χ0n) is 5.93. The van der Waals surface area contributed by atoms with E-state index in [9.17, 15) is 0 Å². The molecule has 2 nitrogen and oxygen atoms in total. The Bertz CT molecular complexity index is 103. The molecule has 1 aliphatic carbocycles. The Hall–Kier alpha value is -0.0800. The summed E-state index contributed by atoms with van der Waals surface area (Å²) < 4.78 is 0. The summed E-state index contributed by atoms with van der Waals surface area (Å²) in [7, 11) is 2.05. The molecule has 1 saturated carbocycles. The maximum atomic E-state index is 3.27. The molecule has 2 fully saturated rings. The second-order valence-electron chi connectivity index (χ2n) is 3.17. The third-order valence-corrected chi connectivity index (χ3v) is 2.38. The number of hydrogen-bond acceptors (Lipinski definition) is 2. The van der Waals surface area contributed by atoms with Gasteiger partial charge in [-0.1, -0.05) is 0 Å². The van der Waals surface area contributed by atoms with E-state index >= 15 is 0 Å². The van der Waals surface area contributed by atoms with Gasteiger partial charge in [0.05, 0.1) is 0 Å². The molecule has 1 N–H and O–H groups in total. The SMILES string of the molecule is CNC1CN(C2CC2)C1. The summed E-state index contributed by atoms with van der Waals surface area (Å²) in [4.78, 5) is 2.57. The van der Waals surface area contributed by atoms with E-state index in [-0.39, 0.29) is 0 Å². The minimum atomic E-state index is 0.797. The molecule has 0 radical (unpaired) electrons. The van der Waals surface area contributed by atoms with Gasteiger partial charge < -0.3 is 5.32 Å². The second-order valence-corrected chi connectivity index (χ2v) is 3.17. The lowest BCUT2D eigenvalue weighted by Gasteiger charge is -2.39. The molecule has 0 aromatic heterocycles. The highest BCUT2D eigenvalue weighted by Crippen LogP contribution is 2.30. The third-order valence-electron chi connectivity index (χ3n) is 2.38. The number of likely N-dealkylation sites (tertiary alicyclic amines) is 1. The molecule has 52 valence electrons. The molecule has 2 heteroatoms. The van der Waals surface area contributed by atoms with Crippen molar-refractivity contribution < 1.29 is 0 Å². The van der Waals surface area contributed by atoms with Gasteiger partial charge in [0, 0.05) is 25.2 Å². The van der Waals surface area contributed by atoms with Gasteiger partial charge in [0.25, 0.3) is 0 Å². The van der Waals surface area contributed by atoms with Gasteiger partial charge in [0.15, 0.2) is 0 Å². The lowest BCUT2D eigenvalue weighted by molar-refractivity contribution is 0.123. The summed E-state index contributed by atoms with van der Waals surface area (Å²) in [5.74, 6) is 0. The predicted octanol–water partition coefficient (Wildman–Crippen LogP) is 0.0524. The van der Waals surface area contributed by atoms with Crippen LogP contribution in [-0.4, -0.2) is 37.1 Å². The fourth-order valence-corrected chi connectivity index (χ4v) is 1.43. The van der Waals surface area contributed by atoms with Gasteiger partial charge >= 0.3 is 0 Å². The number of nitrogens with one attached hydrogen (secondary N) is 1. The van der Waals surface area contributed by atoms with E-state index in [0.717, 1.165) is 12.1 Å². The van der Waals surface area contributed by atoms with Crippen LogP contribution in [0, 0.1) is 0 Å². The Morgan fingerprint density at radius 2 is 2.00 bits per heavy atom. The first-order valence-electron chi connectivity index (χ1n) is 3.81. The maximum absolute atomic E-state index is 3.27. The second kappa shape index (κ2) is 1.96. The summed E-state index contributed by atoms with van der Waals surface area (Å²) in [6.07, 6.45) is 2.91. The summed E-state index contributed by atoms with van der Waals surface area (Å²) in [5, 5.41) is 3.27. The number of likely N-dealkylation sites (N-methyl/N-ethyl adjacent to an activating group) is 1. The highest BCUT2D eigenvalue weighted by molar-refractivity contribution is 4.95. The Morgan fingerprint density at radius 1 is 1.33 bits per heavy atom. The summed E-state index contributed by atoms with van der Waals surface area (Å²) >= 11 is 0. The van der Waals surface area contributed by atoms with Crippen molar-refractivity contribution in [2.75, 3.05) is 20.1 Å². The Labute approximate surface area is 56.2 Å². The third kappa shape index (κ3) is 0.970. The molecule has 2 aliphatic rings. The monoisotopic (exact) mass is 126 g/mol. The molecule has 0 unspecified atom stereocenters. The van der Waals surface area contributed by atoms with Crippen LogP contribution >= 0.6 is 0 Å². The van der Waals surface area contributed by atoms with Gasteiger partial charge in [-0.15, -0.1) is 0 Å². The van der Waals surface area contributed by atoms with Crippen molar-refractivity contribution in [3.8, 4) is 0 Å². The van der Waals surface area contributed by atoms with Crippen molar-refractivity contribution in [1.82, 2.24) is 10.2 Å². The lowest BCUT2D eigenvalue weighted by Crippen LogP contribution is -2.57. The molecule has 1 saturated heterocycles. The molecule has 0 aromatic rings. The largest absolute Gasteiger partial charge is 0.315 e. The van der Waals surface area contributed by atoms with Crippen LogP contribution < -0.4 is 5.32 Å². The zero-order chi connectivity index (χ0) is 6.27. The Balaban J connectivity index is 1.71. The molecule has 1 aliphatic heterocycles. The van der Waals surface area contributed by atoms with Gasteiger partial charge in [-0.2, -0.15) is 0 Å². The topological polar surface area (TPSA) is 15.3 Å². The smallest absolute Gasteiger partial charge is 0.0320 e. The van der Waals surface area contributed by atoms with Crippen molar-refractivity contribution in [3.05, 3.63) is 0 Å². The minimum Gasteiger partial charge on any atom is -0.315 e. The number of nitrogens with zero attached hydrogens (tertiary/aromatic N) is 1. The average Bonchev–Trinajstić information content (AvgIpc) is 2.46. The molecule has 1 heterocycles. The molecule has 0 bridgehead atoms. The molecule has 0 amide bonds. The van der Waals surface area contributed by atoms with Gasteiger partial charge in [-0.25, -0.2) is 0 Å². The number of hydrogen-bond donors (Lipinski definition) is 1. The van der Waals surface area contributed by atoms with Gasteiger partial charge in [-0.05, 0) is 19.9 Å². The van der Waals surface area contributed by atoms with Crippen molar-refractivity contribution in [2.24, 2.45) is 0 Å². The lowest BCUT2D eigenvalue weighted by atomic mass is 10.1. The minimum absolute atomic E-state index is 0.797. The first-order chi connectivity index (χ1) is 4.40. The van der Waals surface area contributed by atoms with Gasteiger partial charge in [0.1, 0.15) is 0 Å². The predicted molar refractivity (Wildman–Crippen MR) is 37.4 cm³/mol. The highest BCUT2D eigenvalue weighted by Gasteiger charge is 2.36. The van der Waals surface area contributed by atoms with E-state index < -0.39 is 0 Å². The Morgan fingerprint density at radius 3 is 2.44 bits per heavy atom. The fourth-order valence-electron chi connectivity index (χ4n) is 1.43. The van der Waals surface area contributed by atoms with Crippen LogP contribution in [0.1, 0.15) is 12.8 Å². The average molecular weight is 126 g/mol. The van der Waals surface area contributed by atoms with Crippen molar-refractivity contribution in [2.45, 2.75) is 24.9 Å². The molecule has 0 aromatic carbocycles. The van der Waals surface area contributed by atoms with Crippen molar-refractivity contribution in [3.63, 3.8) is 0 Å². The van der Waals surface area contributed by atoms with E-state index in [2.05, 4.69) is 17.3 Å². The molecule has 9 heavy (non-hydrogen) atoms. The quantitative estimate of drug-likeness (QED) is 0.562. The van der Waals surface area contributed by atoms with Crippen LogP contribution in [0.15, 0.2) is 0 Å². The summed E-state index contributed by atoms with van der Waals surface area (Å²) in [5.41, 5.74) is 0. The van der Waals surface area contributed by atoms with Gasteiger partial charge in [0.2, 0.25) is 0 Å². The molecule has 0 atom stereocenters. The van der Waals surface area contributed by atoms with Crippen LogP contribution in [0.3, 0.4) is 0 Å². The maximum Gasteiger partial charge on any atom is 0.0320 e. The first kappa shape index (κ1) is 5.69. The zero-order valence-corrected chi connectivity index (χ0v) is 5.93.